The van der Waals surface area contributed by atoms with Crippen LogP contribution in [0.4, 0.5) is 0 Å². The monoisotopic (exact) mass is 373 g/mol. The summed E-state index contributed by atoms with van der Waals surface area (Å²) >= 11 is 0. The van der Waals surface area contributed by atoms with Crippen molar-refractivity contribution < 1.29 is 4.79 Å². The molecular formula is C22H23N5O. The zero-order valence-electron chi connectivity index (χ0n) is 16.3. The van der Waals surface area contributed by atoms with Crippen LogP contribution in [0.1, 0.15) is 59.2 Å². The summed E-state index contributed by atoms with van der Waals surface area (Å²) < 4.78 is 0. The van der Waals surface area contributed by atoms with Crippen LogP contribution in [0.15, 0.2) is 48.7 Å². The van der Waals surface area contributed by atoms with Gasteiger partial charge in [-0.15, -0.1) is 0 Å². The van der Waals surface area contributed by atoms with Crippen molar-refractivity contribution in [3.05, 3.63) is 82.2 Å². The van der Waals surface area contributed by atoms with Gasteiger partial charge in [-0.1, -0.05) is 50.2 Å². The molecule has 0 fully saturated rings. The number of amides is 1. The Bertz CT molecular complexity index is 1030. The van der Waals surface area contributed by atoms with E-state index in [2.05, 4.69) is 30.1 Å². The number of aryl methyl sites for hydroxylation is 1. The van der Waals surface area contributed by atoms with Crippen molar-refractivity contribution in [3.63, 3.8) is 0 Å². The summed E-state index contributed by atoms with van der Waals surface area (Å²) in [6.45, 7) is 6.59. The zero-order chi connectivity index (χ0) is 20.3. The van der Waals surface area contributed by atoms with Gasteiger partial charge in [0.1, 0.15) is 5.92 Å². The van der Waals surface area contributed by atoms with Gasteiger partial charge in [-0.3, -0.25) is 4.79 Å². The third-order valence-electron chi connectivity index (χ3n) is 4.81. The lowest BCUT2D eigenvalue weighted by molar-refractivity contribution is -0.118. The van der Waals surface area contributed by atoms with E-state index < -0.39 is 11.8 Å². The van der Waals surface area contributed by atoms with E-state index in [1.165, 1.54) is 10.4 Å². The molecule has 3 aromatic rings. The van der Waals surface area contributed by atoms with Crippen molar-refractivity contribution in [2.75, 3.05) is 0 Å². The standard InChI is InChI=1S/C22H23N5O/c1-14(2)17-6-8-18(9-7-17)21(22(24)28)20-12-25-27(26-20)13-16-4-5-19(11-23)15(3)10-16/h4-10,12,14,21H,13H2,1-3H3,(H2,24,28). The predicted molar refractivity (Wildman–Crippen MR) is 107 cm³/mol. The van der Waals surface area contributed by atoms with Crippen LogP contribution in [0, 0.1) is 18.3 Å². The summed E-state index contributed by atoms with van der Waals surface area (Å²) in [6, 6.07) is 15.6. The Morgan fingerprint density at radius 1 is 1.18 bits per heavy atom. The van der Waals surface area contributed by atoms with E-state index >= 15 is 0 Å². The minimum absolute atomic E-state index is 0.415. The number of hydrogen-bond donors (Lipinski definition) is 1. The second kappa shape index (κ2) is 8.05. The Balaban J connectivity index is 1.84. The Hall–Kier alpha value is -3.46. The highest BCUT2D eigenvalue weighted by atomic mass is 16.1. The number of aromatic nitrogens is 3. The molecule has 28 heavy (non-hydrogen) atoms. The number of nitrogens with two attached hydrogens (primary N) is 1. The second-order valence-electron chi connectivity index (χ2n) is 7.22. The molecule has 1 atom stereocenters. The summed E-state index contributed by atoms with van der Waals surface area (Å²) in [4.78, 5) is 13.7. The third kappa shape index (κ3) is 4.09. The lowest BCUT2D eigenvalue weighted by atomic mass is 9.93. The Kier molecular flexibility index (Phi) is 5.55. The number of nitriles is 1. The molecule has 3 rings (SSSR count). The molecule has 1 heterocycles. The maximum Gasteiger partial charge on any atom is 0.231 e. The molecule has 0 aliphatic carbocycles. The van der Waals surface area contributed by atoms with Crippen LogP contribution >= 0.6 is 0 Å². The summed E-state index contributed by atoms with van der Waals surface area (Å²) in [6.07, 6.45) is 1.59. The Labute approximate surface area is 164 Å². The molecule has 0 aliphatic rings. The van der Waals surface area contributed by atoms with E-state index in [1.807, 2.05) is 43.3 Å². The molecule has 1 aromatic heterocycles. The van der Waals surface area contributed by atoms with E-state index in [0.717, 1.165) is 16.7 Å². The summed E-state index contributed by atoms with van der Waals surface area (Å²) in [7, 11) is 0. The lowest BCUT2D eigenvalue weighted by Crippen LogP contribution is -2.23. The first-order valence-electron chi connectivity index (χ1n) is 9.18. The first kappa shape index (κ1) is 19.3. The summed E-state index contributed by atoms with van der Waals surface area (Å²) in [5, 5.41) is 17.8. The lowest BCUT2D eigenvalue weighted by Gasteiger charge is -2.13. The Morgan fingerprint density at radius 2 is 1.86 bits per heavy atom. The van der Waals surface area contributed by atoms with Crippen molar-refractivity contribution in [3.8, 4) is 6.07 Å². The Morgan fingerprint density at radius 3 is 2.43 bits per heavy atom. The smallest absolute Gasteiger partial charge is 0.231 e. The number of rotatable bonds is 6. The minimum atomic E-state index is -0.641. The highest BCUT2D eigenvalue weighted by Crippen LogP contribution is 2.25. The molecule has 0 saturated carbocycles. The van der Waals surface area contributed by atoms with Crippen LogP contribution in [0.3, 0.4) is 0 Å². The van der Waals surface area contributed by atoms with E-state index in [9.17, 15) is 4.79 Å². The molecule has 0 saturated heterocycles. The third-order valence-corrected chi connectivity index (χ3v) is 4.81. The van der Waals surface area contributed by atoms with Crippen molar-refractivity contribution in [2.45, 2.75) is 39.2 Å². The van der Waals surface area contributed by atoms with Gasteiger partial charge in [-0.25, -0.2) is 0 Å². The number of nitrogens with zero attached hydrogens (tertiary/aromatic N) is 4. The van der Waals surface area contributed by atoms with Gasteiger partial charge in [-0.05, 0) is 41.2 Å². The molecule has 1 unspecified atom stereocenters. The first-order chi connectivity index (χ1) is 13.4. The summed E-state index contributed by atoms with van der Waals surface area (Å²) in [5.74, 6) is -0.686. The molecule has 2 N–H and O–H groups in total. The van der Waals surface area contributed by atoms with Gasteiger partial charge >= 0.3 is 0 Å². The van der Waals surface area contributed by atoms with Crippen LogP contribution in [0.2, 0.25) is 0 Å². The molecule has 6 nitrogen and oxygen atoms in total. The van der Waals surface area contributed by atoms with E-state index in [-0.39, 0.29) is 0 Å². The highest BCUT2D eigenvalue weighted by Gasteiger charge is 2.23. The van der Waals surface area contributed by atoms with Crippen molar-refractivity contribution in [1.29, 1.82) is 5.26 Å². The van der Waals surface area contributed by atoms with Crippen LogP contribution in [0.5, 0.6) is 0 Å². The maximum absolute atomic E-state index is 12.1. The van der Waals surface area contributed by atoms with Gasteiger partial charge in [0.15, 0.2) is 0 Å². The average Bonchev–Trinajstić information content (AvgIpc) is 3.10. The number of hydrogen-bond acceptors (Lipinski definition) is 4. The zero-order valence-corrected chi connectivity index (χ0v) is 16.3. The fourth-order valence-corrected chi connectivity index (χ4v) is 3.19. The molecule has 142 valence electrons. The van der Waals surface area contributed by atoms with E-state index in [0.29, 0.717) is 23.7 Å². The maximum atomic E-state index is 12.1. The van der Waals surface area contributed by atoms with E-state index in [1.54, 1.807) is 12.3 Å². The SMILES string of the molecule is Cc1cc(Cn2ncc(C(C(N)=O)c3ccc(C(C)C)cc3)n2)ccc1C#N. The van der Waals surface area contributed by atoms with E-state index in [4.69, 9.17) is 11.0 Å². The van der Waals surface area contributed by atoms with Crippen molar-refractivity contribution in [1.82, 2.24) is 15.0 Å². The molecule has 6 heteroatoms. The normalized spacial score (nSPS) is 12.0. The molecular weight excluding hydrogens is 350 g/mol. The largest absolute Gasteiger partial charge is 0.369 e. The number of carbonyl (C=O) groups is 1. The number of benzene rings is 2. The fourth-order valence-electron chi connectivity index (χ4n) is 3.19. The first-order valence-corrected chi connectivity index (χ1v) is 9.18. The second-order valence-corrected chi connectivity index (χ2v) is 7.22. The van der Waals surface area contributed by atoms with Crippen LogP contribution in [0.25, 0.3) is 0 Å². The highest BCUT2D eigenvalue weighted by molar-refractivity contribution is 5.85. The topological polar surface area (TPSA) is 97.6 Å². The molecule has 1 amide bonds. The molecule has 0 radical (unpaired) electrons. The van der Waals surface area contributed by atoms with Gasteiger partial charge in [-0.2, -0.15) is 20.3 Å². The van der Waals surface area contributed by atoms with Gasteiger partial charge in [0, 0.05) is 0 Å². The molecule has 0 spiro atoms. The van der Waals surface area contributed by atoms with Crippen LogP contribution < -0.4 is 5.73 Å². The van der Waals surface area contributed by atoms with Gasteiger partial charge in [0.05, 0.1) is 30.1 Å². The predicted octanol–water partition coefficient (Wildman–Crippen LogP) is 3.25. The minimum Gasteiger partial charge on any atom is -0.369 e. The quantitative estimate of drug-likeness (QED) is 0.717. The molecule has 2 aromatic carbocycles. The summed E-state index contributed by atoms with van der Waals surface area (Å²) in [5.41, 5.74) is 10.7. The molecule has 0 bridgehead atoms. The van der Waals surface area contributed by atoms with Crippen molar-refractivity contribution in [2.24, 2.45) is 5.73 Å². The van der Waals surface area contributed by atoms with Crippen LogP contribution in [-0.4, -0.2) is 20.9 Å². The fraction of sp³-hybridized carbons (Fsp3) is 0.273. The van der Waals surface area contributed by atoms with Gasteiger partial charge in [0.2, 0.25) is 5.91 Å². The molecule has 0 aliphatic heterocycles. The van der Waals surface area contributed by atoms with Gasteiger partial charge < -0.3 is 5.73 Å². The number of carbonyl (C=O) groups excluding carboxylic acids is 1. The van der Waals surface area contributed by atoms with Crippen LogP contribution in [-0.2, 0) is 11.3 Å². The number of primary amides is 1. The average molecular weight is 373 g/mol. The van der Waals surface area contributed by atoms with Gasteiger partial charge in [0.25, 0.3) is 0 Å². The van der Waals surface area contributed by atoms with Crippen molar-refractivity contribution >= 4 is 5.91 Å².